The van der Waals surface area contributed by atoms with E-state index >= 15 is 0 Å². The molecule has 0 spiro atoms. The predicted molar refractivity (Wildman–Crippen MR) is 162 cm³/mol. The van der Waals surface area contributed by atoms with Gasteiger partial charge in [-0.25, -0.2) is 17.2 Å². The van der Waals surface area contributed by atoms with Gasteiger partial charge in [-0.05, 0) is 85.0 Å². The molecule has 13 heteroatoms. The zero-order valence-electron chi connectivity index (χ0n) is 26.9. The minimum atomic E-state index is -4.19. The Morgan fingerprint density at radius 2 is 1.58 bits per heavy atom. The third kappa shape index (κ3) is 8.81. The van der Waals surface area contributed by atoms with Gasteiger partial charge < -0.3 is 26.4 Å². The molecule has 0 bridgehead atoms. The smallest absolute Gasteiger partial charge is 1.00 e. The Morgan fingerprint density at radius 3 is 2.11 bits per heavy atom. The summed E-state index contributed by atoms with van der Waals surface area (Å²) in [5, 5.41) is 39.7. The quantitative estimate of drug-likeness (QED) is 0.205. The van der Waals surface area contributed by atoms with Crippen LogP contribution in [-0.4, -0.2) is 75.6 Å². The minimum Gasteiger partial charge on any atom is -1.00 e. The Labute approximate surface area is 286 Å². The number of aliphatic carboxylic acids is 1. The van der Waals surface area contributed by atoms with Crippen LogP contribution in [0, 0.1) is 17.6 Å². The maximum atomic E-state index is 14.6. The Hall–Kier alpha value is -2.16. The van der Waals surface area contributed by atoms with Crippen molar-refractivity contribution < 1.29 is 73.4 Å². The molecular formula is C32H41F2N2NaO7S. The molecule has 45 heavy (non-hydrogen) atoms. The number of piperidine rings is 1. The first-order chi connectivity index (χ1) is 20.8. The van der Waals surface area contributed by atoms with Crippen molar-refractivity contribution in [3.05, 3.63) is 65.9 Å². The van der Waals surface area contributed by atoms with Crippen LogP contribution in [0.25, 0.3) is 22.4 Å². The second-order valence-electron chi connectivity index (χ2n) is 11.7. The number of carboxylic acid groups (broad SMARTS) is 1. The molecule has 1 aromatic heterocycles. The molecule has 9 nitrogen and oxygen atoms in total. The van der Waals surface area contributed by atoms with Gasteiger partial charge in [0.15, 0.2) is 0 Å². The van der Waals surface area contributed by atoms with E-state index in [0.29, 0.717) is 40.9 Å². The SMILES string of the molecule is CC(C)c1c(S(=O)(=O)N2CCCC(CO)C2)c(-c2ccc(F)cc2)c(-c2ccc(F)cc2)n1CCC(O)CC(O)CC(=O)O.[H-].[Na+]. The average Bonchev–Trinajstić information content (AvgIpc) is 3.32. The van der Waals surface area contributed by atoms with Crippen LogP contribution in [0.3, 0.4) is 0 Å². The number of halogens is 2. The molecule has 242 valence electrons. The third-order valence-corrected chi connectivity index (χ3v) is 9.97. The second kappa shape index (κ2) is 16.1. The first-order valence-electron chi connectivity index (χ1n) is 14.8. The van der Waals surface area contributed by atoms with Gasteiger partial charge in [-0.3, -0.25) is 4.79 Å². The fourth-order valence-corrected chi connectivity index (χ4v) is 8.11. The van der Waals surface area contributed by atoms with Gasteiger partial charge in [0.1, 0.15) is 16.5 Å². The fraction of sp³-hybridized carbons (Fsp3) is 0.469. The van der Waals surface area contributed by atoms with Crippen molar-refractivity contribution in [2.24, 2.45) is 5.92 Å². The van der Waals surface area contributed by atoms with Crippen LogP contribution in [0.4, 0.5) is 8.78 Å². The molecule has 3 atom stereocenters. The molecule has 4 rings (SSSR count). The van der Waals surface area contributed by atoms with E-state index in [9.17, 15) is 37.3 Å². The van der Waals surface area contributed by atoms with Crippen molar-refractivity contribution >= 4 is 16.0 Å². The first kappa shape index (κ1) is 37.3. The number of hydrogen-bond acceptors (Lipinski definition) is 6. The average molecular weight is 659 g/mol. The van der Waals surface area contributed by atoms with Gasteiger partial charge in [-0.2, -0.15) is 4.31 Å². The van der Waals surface area contributed by atoms with E-state index in [4.69, 9.17) is 5.11 Å². The monoisotopic (exact) mass is 658 g/mol. The number of aromatic nitrogens is 1. The molecule has 1 aliphatic rings. The number of rotatable bonds is 13. The van der Waals surface area contributed by atoms with Crippen molar-refractivity contribution in [3.63, 3.8) is 0 Å². The Kier molecular flexibility index (Phi) is 13.3. The summed E-state index contributed by atoms with van der Waals surface area (Å²) >= 11 is 0. The molecule has 2 heterocycles. The van der Waals surface area contributed by atoms with Crippen LogP contribution < -0.4 is 29.6 Å². The zero-order valence-corrected chi connectivity index (χ0v) is 28.7. The zero-order chi connectivity index (χ0) is 32.2. The van der Waals surface area contributed by atoms with E-state index in [1.807, 2.05) is 13.8 Å². The molecule has 0 aliphatic carbocycles. The van der Waals surface area contributed by atoms with Crippen molar-refractivity contribution in [2.45, 2.75) is 75.5 Å². The summed E-state index contributed by atoms with van der Waals surface area (Å²) in [7, 11) is -4.19. The topological polar surface area (TPSA) is 140 Å². The van der Waals surface area contributed by atoms with Gasteiger partial charge in [0.05, 0.1) is 24.3 Å². The molecule has 0 radical (unpaired) electrons. The van der Waals surface area contributed by atoms with E-state index < -0.39 is 46.3 Å². The summed E-state index contributed by atoms with van der Waals surface area (Å²) in [6, 6.07) is 11.1. The molecule has 0 amide bonds. The summed E-state index contributed by atoms with van der Waals surface area (Å²) < 4.78 is 60.6. The minimum absolute atomic E-state index is 0. The number of hydrogen-bond donors (Lipinski definition) is 4. The number of nitrogens with zero attached hydrogens (tertiary/aromatic N) is 2. The number of aliphatic hydroxyl groups excluding tert-OH is 3. The molecule has 0 saturated carbocycles. The Bertz CT molecular complexity index is 1550. The van der Waals surface area contributed by atoms with Crippen molar-refractivity contribution in [1.29, 1.82) is 0 Å². The fourth-order valence-electron chi connectivity index (χ4n) is 5.99. The van der Waals surface area contributed by atoms with Gasteiger partial charge in [-0.1, -0.05) is 26.0 Å². The van der Waals surface area contributed by atoms with E-state index in [-0.39, 0.29) is 86.8 Å². The van der Waals surface area contributed by atoms with Crippen molar-refractivity contribution in [2.75, 3.05) is 19.7 Å². The van der Waals surface area contributed by atoms with Crippen LogP contribution in [0.1, 0.15) is 59.0 Å². The molecule has 3 unspecified atom stereocenters. The summed E-state index contributed by atoms with van der Waals surface area (Å²) in [4.78, 5) is 11.0. The van der Waals surface area contributed by atoms with Gasteiger partial charge in [0.25, 0.3) is 0 Å². The standard InChI is InChI=1S/C32H40F2N2O7S.Na.H/c1-20(2)30-32(44(42,43)35-14-3-4-21(18-35)19-37)29(22-5-9-24(33)10-6-22)31(23-7-11-25(34)12-8-23)36(30)15-13-26(38)16-27(39)17-28(40)41;;/h5-12,20-21,26-27,37-39H,3-4,13-19H2,1-2H3,(H,40,41);;/q;+1;-1. The molecule has 4 N–H and O–H groups in total. The largest absolute Gasteiger partial charge is 1.00 e. The van der Waals surface area contributed by atoms with Crippen molar-refractivity contribution in [1.82, 2.24) is 8.87 Å². The first-order valence-corrected chi connectivity index (χ1v) is 16.2. The molecule has 1 saturated heterocycles. The van der Waals surface area contributed by atoms with Crippen LogP contribution in [0.15, 0.2) is 53.4 Å². The summed E-state index contributed by atoms with van der Waals surface area (Å²) in [5.41, 5.74) is 2.12. The number of benzene rings is 2. The van der Waals surface area contributed by atoms with E-state index in [0.717, 1.165) is 0 Å². The molecule has 2 aromatic carbocycles. The summed E-state index contributed by atoms with van der Waals surface area (Å²) in [6.07, 6.45) is -1.77. The van der Waals surface area contributed by atoms with Crippen LogP contribution in [-0.2, 0) is 21.4 Å². The number of aliphatic hydroxyl groups is 3. The van der Waals surface area contributed by atoms with Gasteiger partial charge in [0.2, 0.25) is 10.0 Å². The third-order valence-electron chi connectivity index (χ3n) is 8.03. The maximum Gasteiger partial charge on any atom is 1.00 e. The number of carbonyl (C=O) groups is 1. The van der Waals surface area contributed by atoms with Crippen molar-refractivity contribution in [3.8, 4) is 22.4 Å². The van der Waals surface area contributed by atoms with E-state index in [1.54, 1.807) is 4.57 Å². The maximum absolute atomic E-state index is 14.6. The van der Waals surface area contributed by atoms with Gasteiger partial charge in [-0.15, -0.1) is 0 Å². The predicted octanol–water partition coefficient (Wildman–Crippen LogP) is 1.71. The molecule has 1 aliphatic heterocycles. The summed E-state index contributed by atoms with van der Waals surface area (Å²) in [6.45, 7) is 4.01. The van der Waals surface area contributed by atoms with E-state index in [1.165, 1.54) is 52.8 Å². The summed E-state index contributed by atoms with van der Waals surface area (Å²) in [5.74, 6) is -2.77. The van der Waals surface area contributed by atoms with Gasteiger partial charge >= 0.3 is 35.5 Å². The number of carboxylic acids is 1. The molecule has 3 aromatic rings. The Morgan fingerprint density at radius 1 is 1.00 bits per heavy atom. The Balaban J connectivity index is 0.00000368. The van der Waals surface area contributed by atoms with Crippen LogP contribution in [0.2, 0.25) is 0 Å². The molecule has 1 fully saturated rings. The van der Waals surface area contributed by atoms with Crippen LogP contribution >= 0.6 is 0 Å². The normalized spacial score (nSPS) is 17.2. The van der Waals surface area contributed by atoms with Crippen LogP contribution in [0.5, 0.6) is 0 Å². The van der Waals surface area contributed by atoms with Gasteiger partial charge in [0, 0.05) is 37.5 Å². The van der Waals surface area contributed by atoms with E-state index in [2.05, 4.69) is 0 Å². The molecular weight excluding hydrogens is 617 g/mol. The second-order valence-corrected chi connectivity index (χ2v) is 13.6. The number of sulfonamides is 1.